The van der Waals surface area contributed by atoms with Gasteiger partial charge in [0, 0.05) is 29.6 Å². The molecular weight excluding hydrogens is 322 g/mol. The lowest BCUT2D eigenvalue weighted by atomic mass is 9.95. The van der Waals surface area contributed by atoms with Gasteiger partial charge in [-0.25, -0.2) is 0 Å². The number of aromatic nitrogens is 2. The summed E-state index contributed by atoms with van der Waals surface area (Å²) in [5, 5.41) is 14.7. The highest BCUT2D eigenvalue weighted by atomic mass is 16.5. The van der Waals surface area contributed by atoms with E-state index >= 15 is 0 Å². The van der Waals surface area contributed by atoms with Crippen LogP contribution in [0.2, 0.25) is 0 Å². The number of aliphatic hydroxyl groups is 1. The van der Waals surface area contributed by atoms with Gasteiger partial charge in [-0.15, -0.1) is 0 Å². The molecule has 0 radical (unpaired) electrons. The third kappa shape index (κ3) is 3.48. The molecule has 7 nitrogen and oxygen atoms in total. The number of β-amino-alcohol motifs (C(OH)–C–C–N with tert-alkyl or cyclic N) is 1. The van der Waals surface area contributed by atoms with Crippen LogP contribution >= 0.6 is 0 Å². The van der Waals surface area contributed by atoms with Crippen LogP contribution in [0.5, 0.6) is 11.5 Å². The molecule has 0 aliphatic carbocycles. The lowest BCUT2D eigenvalue weighted by Gasteiger charge is -2.33. The molecular formula is C18H25N3O4. The minimum atomic E-state index is -0.664. The Morgan fingerprint density at radius 3 is 2.52 bits per heavy atom. The number of rotatable bonds is 4. The zero-order valence-electron chi connectivity index (χ0n) is 15.4. The summed E-state index contributed by atoms with van der Waals surface area (Å²) >= 11 is 0. The summed E-state index contributed by atoms with van der Waals surface area (Å²) in [4.78, 5) is 6.55. The molecule has 7 heteroatoms. The number of hydrogen-bond acceptors (Lipinski definition) is 7. The first-order chi connectivity index (χ1) is 11.8. The molecule has 2 aromatic rings. The third-order valence-corrected chi connectivity index (χ3v) is 4.33. The fraction of sp³-hybridized carbons (Fsp3) is 0.556. The molecule has 136 valence electrons. The smallest absolute Gasteiger partial charge is 0.232 e. The number of ether oxygens (including phenoxy) is 2. The maximum absolute atomic E-state index is 10.6. The van der Waals surface area contributed by atoms with E-state index in [1.54, 1.807) is 14.2 Å². The normalized spacial score (nSPS) is 18.1. The second-order valence-electron chi connectivity index (χ2n) is 7.31. The van der Waals surface area contributed by atoms with Crippen molar-refractivity contribution in [3.05, 3.63) is 35.0 Å². The van der Waals surface area contributed by atoms with E-state index in [0.717, 1.165) is 16.9 Å². The number of nitrogens with zero attached hydrogens (tertiary/aromatic N) is 3. The molecule has 1 aromatic carbocycles. The maximum Gasteiger partial charge on any atom is 0.232 e. The fourth-order valence-corrected chi connectivity index (χ4v) is 3.09. The van der Waals surface area contributed by atoms with Crippen LogP contribution in [0.3, 0.4) is 0 Å². The Morgan fingerprint density at radius 1 is 1.24 bits per heavy atom. The van der Waals surface area contributed by atoms with Gasteiger partial charge in [-0.05, 0) is 12.1 Å². The number of aliphatic hydroxyl groups excluding tert-OH is 1. The predicted molar refractivity (Wildman–Crippen MR) is 91.6 cm³/mol. The van der Waals surface area contributed by atoms with E-state index in [0.29, 0.717) is 37.1 Å². The summed E-state index contributed by atoms with van der Waals surface area (Å²) in [5.74, 6) is 2.64. The van der Waals surface area contributed by atoms with Gasteiger partial charge in [-0.2, -0.15) is 4.98 Å². The Morgan fingerprint density at radius 2 is 1.92 bits per heavy atom. The van der Waals surface area contributed by atoms with Gasteiger partial charge >= 0.3 is 0 Å². The second kappa shape index (κ2) is 6.65. The molecule has 0 bridgehead atoms. The molecule has 1 atom stereocenters. The molecule has 1 aliphatic rings. The van der Waals surface area contributed by atoms with E-state index in [2.05, 4.69) is 15.0 Å². The molecule has 0 saturated heterocycles. The summed E-state index contributed by atoms with van der Waals surface area (Å²) in [6.07, 6.45) is -0.664. The van der Waals surface area contributed by atoms with Crippen LogP contribution in [-0.4, -0.2) is 40.9 Å². The van der Waals surface area contributed by atoms with Gasteiger partial charge in [-0.1, -0.05) is 25.9 Å². The number of benzene rings is 1. The Hall–Kier alpha value is -2.12. The van der Waals surface area contributed by atoms with E-state index in [4.69, 9.17) is 14.0 Å². The van der Waals surface area contributed by atoms with Crippen molar-refractivity contribution in [1.82, 2.24) is 15.0 Å². The van der Waals surface area contributed by atoms with Crippen molar-refractivity contribution in [2.75, 3.05) is 20.8 Å². The SMILES string of the molecule is COc1ccc(OC)c2c1CN(Cc1noc(C(C)(C)C)n1)C[C@H]2O. The summed E-state index contributed by atoms with van der Waals surface area (Å²) in [7, 11) is 3.23. The highest BCUT2D eigenvalue weighted by Gasteiger charge is 2.31. The van der Waals surface area contributed by atoms with Crippen LogP contribution in [0.1, 0.15) is 49.7 Å². The Balaban J connectivity index is 1.85. The zero-order valence-corrected chi connectivity index (χ0v) is 15.4. The van der Waals surface area contributed by atoms with Crippen LogP contribution in [-0.2, 0) is 18.5 Å². The van der Waals surface area contributed by atoms with E-state index in [1.807, 2.05) is 32.9 Å². The molecule has 0 saturated carbocycles. The fourth-order valence-electron chi connectivity index (χ4n) is 3.09. The quantitative estimate of drug-likeness (QED) is 0.909. The Kier molecular flexibility index (Phi) is 4.71. The number of methoxy groups -OCH3 is 2. The van der Waals surface area contributed by atoms with E-state index < -0.39 is 6.10 Å². The van der Waals surface area contributed by atoms with E-state index in [-0.39, 0.29) is 5.41 Å². The van der Waals surface area contributed by atoms with Gasteiger partial charge in [0.25, 0.3) is 0 Å². The van der Waals surface area contributed by atoms with Gasteiger partial charge in [0.05, 0.1) is 26.9 Å². The molecule has 0 amide bonds. The standard InChI is InChI=1S/C18H25N3O4/c1-18(2,3)17-19-15(20-25-17)10-21-8-11-13(23-4)6-7-14(24-5)16(11)12(22)9-21/h6-7,12,22H,8-10H2,1-5H3/t12-/m1/s1. The molecule has 0 spiro atoms. The average Bonchev–Trinajstić information content (AvgIpc) is 3.02. The highest BCUT2D eigenvalue weighted by molar-refractivity contribution is 5.51. The Labute approximate surface area is 147 Å². The van der Waals surface area contributed by atoms with Crippen LogP contribution in [0, 0.1) is 0 Å². The third-order valence-electron chi connectivity index (χ3n) is 4.33. The Bertz CT molecular complexity index is 751. The molecule has 1 aliphatic heterocycles. The first kappa shape index (κ1) is 17.7. The number of fused-ring (bicyclic) bond motifs is 1. The maximum atomic E-state index is 10.6. The summed E-state index contributed by atoms with van der Waals surface area (Å²) < 4.78 is 16.2. The molecule has 3 rings (SSSR count). The molecule has 1 N–H and O–H groups in total. The lowest BCUT2D eigenvalue weighted by molar-refractivity contribution is 0.0823. The van der Waals surface area contributed by atoms with Crippen molar-refractivity contribution in [1.29, 1.82) is 0 Å². The zero-order chi connectivity index (χ0) is 18.2. The van der Waals surface area contributed by atoms with Gasteiger partial charge in [-0.3, -0.25) is 4.90 Å². The van der Waals surface area contributed by atoms with Crippen molar-refractivity contribution in [3.63, 3.8) is 0 Å². The van der Waals surface area contributed by atoms with Crippen LogP contribution in [0.25, 0.3) is 0 Å². The monoisotopic (exact) mass is 347 g/mol. The number of hydrogen-bond donors (Lipinski definition) is 1. The summed E-state index contributed by atoms with van der Waals surface area (Å²) in [6, 6.07) is 3.69. The van der Waals surface area contributed by atoms with Crippen molar-refractivity contribution in [3.8, 4) is 11.5 Å². The van der Waals surface area contributed by atoms with Crippen LogP contribution in [0.4, 0.5) is 0 Å². The lowest BCUT2D eigenvalue weighted by Crippen LogP contribution is -2.34. The van der Waals surface area contributed by atoms with Crippen molar-refractivity contribution in [2.24, 2.45) is 0 Å². The van der Waals surface area contributed by atoms with Crippen LogP contribution in [0.15, 0.2) is 16.7 Å². The topological polar surface area (TPSA) is 80.9 Å². The molecule has 25 heavy (non-hydrogen) atoms. The van der Waals surface area contributed by atoms with Gasteiger partial charge in [0.2, 0.25) is 5.89 Å². The molecule has 0 fully saturated rings. The van der Waals surface area contributed by atoms with Gasteiger partial charge in [0.1, 0.15) is 11.5 Å². The minimum absolute atomic E-state index is 0.185. The first-order valence-corrected chi connectivity index (χ1v) is 8.30. The first-order valence-electron chi connectivity index (χ1n) is 8.30. The molecule has 2 heterocycles. The molecule has 1 aromatic heterocycles. The van der Waals surface area contributed by atoms with Gasteiger partial charge in [0.15, 0.2) is 5.82 Å². The van der Waals surface area contributed by atoms with Crippen molar-refractivity contribution in [2.45, 2.75) is 45.4 Å². The summed E-state index contributed by atoms with van der Waals surface area (Å²) in [6.45, 7) is 7.67. The summed E-state index contributed by atoms with van der Waals surface area (Å²) in [5.41, 5.74) is 1.54. The van der Waals surface area contributed by atoms with Gasteiger partial charge < -0.3 is 19.1 Å². The van der Waals surface area contributed by atoms with E-state index in [9.17, 15) is 5.11 Å². The predicted octanol–water partition coefficient (Wildman–Crippen LogP) is 2.43. The largest absolute Gasteiger partial charge is 0.496 e. The van der Waals surface area contributed by atoms with Crippen molar-refractivity contribution < 1.29 is 19.1 Å². The average molecular weight is 347 g/mol. The van der Waals surface area contributed by atoms with Crippen LogP contribution < -0.4 is 9.47 Å². The molecule has 0 unspecified atom stereocenters. The second-order valence-corrected chi connectivity index (χ2v) is 7.31. The highest BCUT2D eigenvalue weighted by Crippen LogP contribution is 2.39. The minimum Gasteiger partial charge on any atom is -0.496 e. The van der Waals surface area contributed by atoms with E-state index in [1.165, 1.54) is 0 Å². The van der Waals surface area contributed by atoms with Crippen molar-refractivity contribution >= 4 is 0 Å².